The SMILES string of the molecule is O=C(Nc1ccccc1C(=O)NN=C1CCCCC1Cn1cncn1)c1ccccc1Cl. The molecule has 0 aliphatic heterocycles. The number of benzene rings is 2. The summed E-state index contributed by atoms with van der Waals surface area (Å²) in [6.07, 6.45) is 7.15. The lowest BCUT2D eigenvalue weighted by molar-refractivity contribution is 0.0955. The maximum absolute atomic E-state index is 12.9. The fraction of sp³-hybridized carbons (Fsp3) is 0.261. The van der Waals surface area contributed by atoms with Gasteiger partial charge in [-0.2, -0.15) is 10.2 Å². The Morgan fingerprint density at radius 3 is 2.62 bits per heavy atom. The van der Waals surface area contributed by atoms with Gasteiger partial charge in [0.05, 0.1) is 28.4 Å². The van der Waals surface area contributed by atoms with Crippen LogP contribution < -0.4 is 10.7 Å². The second kappa shape index (κ2) is 10.2. The molecule has 9 heteroatoms. The van der Waals surface area contributed by atoms with Crippen LogP contribution in [0, 0.1) is 5.92 Å². The molecule has 32 heavy (non-hydrogen) atoms. The molecule has 1 fully saturated rings. The van der Waals surface area contributed by atoms with Crippen LogP contribution in [0.1, 0.15) is 46.4 Å². The largest absolute Gasteiger partial charge is 0.321 e. The number of carbonyl (C=O) groups is 2. The maximum atomic E-state index is 12.9. The molecule has 1 saturated carbocycles. The first-order valence-corrected chi connectivity index (χ1v) is 10.8. The number of hydrazone groups is 1. The standard InChI is InChI=1S/C23H23ClN6O2/c24-19-10-4-2-8-17(19)22(31)27-21-12-6-3-9-18(21)23(32)29-28-20-11-5-1-7-16(20)13-30-15-25-14-26-30/h2-4,6,8-10,12,14-16H,1,5,7,11,13H2,(H,27,31)(H,29,32). The van der Waals surface area contributed by atoms with E-state index in [0.717, 1.165) is 31.4 Å². The summed E-state index contributed by atoms with van der Waals surface area (Å²) in [5.74, 6) is -0.583. The van der Waals surface area contributed by atoms with E-state index in [-0.39, 0.29) is 11.8 Å². The lowest BCUT2D eigenvalue weighted by atomic mass is 9.87. The summed E-state index contributed by atoms with van der Waals surface area (Å²) in [6.45, 7) is 0.680. The Morgan fingerprint density at radius 1 is 1.06 bits per heavy atom. The first-order chi connectivity index (χ1) is 15.6. The first-order valence-electron chi connectivity index (χ1n) is 10.5. The summed E-state index contributed by atoms with van der Waals surface area (Å²) in [4.78, 5) is 29.5. The third-order valence-corrected chi connectivity index (χ3v) is 5.75. The number of hydrogen-bond donors (Lipinski definition) is 2. The highest BCUT2D eigenvalue weighted by atomic mass is 35.5. The summed E-state index contributed by atoms with van der Waals surface area (Å²) in [5, 5.41) is 11.7. The average molecular weight is 451 g/mol. The van der Waals surface area contributed by atoms with Crippen LogP contribution >= 0.6 is 11.6 Å². The molecule has 0 bridgehead atoms. The van der Waals surface area contributed by atoms with E-state index in [4.69, 9.17) is 11.6 Å². The summed E-state index contributed by atoms with van der Waals surface area (Å²) < 4.78 is 1.78. The van der Waals surface area contributed by atoms with Gasteiger partial charge in [0.2, 0.25) is 0 Å². The van der Waals surface area contributed by atoms with Gasteiger partial charge in [0, 0.05) is 11.6 Å². The number of nitrogens with zero attached hydrogens (tertiary/aromatic N) is 4. The second-order valence-electron chi connectivity index (χ2n) is 7.58. The molecular formula is C23H23ClN6O2. The van der Waals surface area contributed by atoms with Gasteiger partial charge >= 0.3 is 0 Å². The van der Waals surface area contributed by atoms with Crippen molar-refractivity contribution >= 4 is 34.8 Å². The van der Waals surface area contributed by atoms with Crippen molar-refractivity contribution in [3.8, 4) is 0 Å². The molecule has 8 nitrogen and oxygen atoms in total. The lowest BCUT2D eigenvalue weighted by Crippen LogP contribution is -2.29. The number of amides is 2. The highest BCUT2D eigenvalue weighted by molar-refractivity contribution is 6.34. The Bertz CT molecular complexity index is 1130. The number of halogens is 1. The molecule has 0 saturated heterocycles. The Balaban J connectivity index is 1.47. The predicted molar refractivity (Wildman–Crippen MR) is 123 cm³/mol. The Hall–Kier alpha value is -3.52. The van der Waals surface area contributed by atoms with Crippen molar-refractivity contribution < 1.29 is 9.59 Å². The van der Waals surface area contributed by atoms with E-state index < -0.39 is 5.91 Å². The van der Waals surface area contributed by atoms with Crippen LogP contribution in [0.3, 0.4) is 0 Å². The number of para-hydroxylation sites is 1. The summed E-state index contributed by atoms with van der Waals surface area (Å²) in [5.41, 5.74) is 4.65. The number of nitrogens with one attached hydrogen (secondary N) is 2. The summed E-state index contributed by atoms with van der Waals surface area (Å²) in [6, 6.07) is 13.6. The molecule has 4 rings (SSSR count). The van der Waals surface area contributed by atoms with Gasteiger partial charge in [-0.3, -0.25) is 14.3 Å². The van der Waals surface area contributed by atoms with E-state index in [2.05, 4.69) is 25.9 Å². The van der Waals surface area contributed by atoms with Gasteiger partial charge < -0.3 is 5.32 Å². The van der Waals surface area contributed by atoms with Crippen LogP contribution in [0.25, 0.3) is 0 Å². The van der Waals surface area contributed by atoms with Gasteiger partial charge in [0.25, 0.3) is 11.8 Å². The molecule has 2 aromatic carbocycles. The molecule has 1 heterocycles. The minimum Gasteiger partial charge on any atom is -0.321 e. The van der Waals surface area contributed by atoms with E-state index in [0.29, 0.717) is 28.4 Å². The van der Waals surface area contributed by atoms with Gasteiger partial charge in [-0.25, -0.2) is 10.4 Å². The number of carbonyl (C=O) groups excluding carboxylic acids is 2. The van der Waals surface area contributed by atoms with E-state index in [1.807, 2.05) is 0 Å². The van der Waals surface area contributed by atoms with Crippen LogP contribution in [0.5, 0.6) is 0 Å². The molecule has 1 aliphatic carbocycles. The van der Waals surface area contributed by atoms with E-state index in [9.17, 15) is 9.59 Å². The van der Waals surface area contributed by atoms with Crippen molar-refractivity contribution in [1.82, 2.24) is 20.2 Å². The molecule has 0 radical (unpaired) electrons. The third kappa shape index (κ3) is 5.20. The minimum atomic E-state index is -0.391. The highest BCUT2D eigenvalue weighted by Gasteiger charge is 2.22. The smallest absolute Gasteiger partial charge is 0.273 e. The molecule has 1 aromatic heterocycles. The molecular weight excluding hydrogens is 428 g/mol. The number of aromatic nitrogens is 3. The van der Waals surface area contributed by atoms with Crippen molar-refractivity contribution in [2.75, 3.05) is 5.32 Å². The zero-order valence-electron chi connectivity index (χ0n) is 17.4. The topological polar surface area (TPSA) is 101 Å². The second-order valence-corrected chi connectivity index (χ2v) is 7.99. The molecule has 1 unspecified atom stereocenters. The predicted octanol–water partition coefficient (Wildman–Crippen LogP) is 4.16. The van der Waals surface area contributed by atoms with Gasteiger partial charge in [-0.15, -0.1) is 0 Å². The van der Waals surface area contributed by atoms with E-state index >= 15 is 0 Å². The Kier molecular flexibility index (Phi) is 6.91. The highest BCUT2D eigenvalue weighted by Crippen LogP contribution is 2.24. The zero-order chi connectivity index (χ0) is 22.3. The number of anilines is 1. The first kappa shape index (κ1) is 21.7. The third-order valence-electron chi connectivity index (χ3n) is 5.42. The van der Waals surface area contributed by atoms with Crippen LogP contribution in [0.2, 0.25) is 5.02 Å². The number of rotatable bonds is 6. The maximum Gasteiger partial charge on any atom is 0.273 e. The Morgan fingerprint density at radius 2 is 1.84 bits per heavy atom. The van der Waals surface area contributed by atoms with Gasteiger partial charge in [0.15, 0.2) is 0 Å². The van der Waals surface area contributed by atoms with Crippen molar-refractivity contribution in [3.63, 3.8) is 0 Å². The van der Waals surface area contributed by atoms with E-state index in [1.54, 1.807) is 59.5 Å². The van der Waals surface area contributed by atoms with Crippen LogP contribution in [-0.2, 0) is 6.54 Å². The molecule has 2 N–H and O–H groups in total. The van der Waals surface area contributed by atoms with Gasteiger partial charge in [-0.1, -0.05) is 42.3 Å². The van der Waals surface area contributed by atoms with Crippen molar-refractivity contribution in [3.05, 3.63) is 77.3 Å². The molecule has 1 aliphatic rings. The zero-order valence-corrected chi connectivity index (χ0v) is 18.1. The fourth-order valence-corrected chi connectivity index (χ4v) is 3.99. The van der Waals surface area contributed by atoms with Crippen LogP contribution in [0.15, 0.2) is 66.3 Å². The number of hydrogen-bond acceptors (Lipinski definition) is 5. The molecule has 2 amide bonds. The lowest BCUT2D eigenvalue weighted by Gasteiger charge is -2.23. The molecule has 3 aromatic rings. The average Bonchev–Trinajstić information content (AvgIpc) is 3.32. The normalized spacial score (nSPS) is 17.2. The monoisotopic (exact) mass is 450 g/mol. The molecule has 1 atom stereocenters. The molecule has 164 valence electrons. The molecule has 0 spiro atoms. The van der Waals surface area contributed by atoms with Crippen LogP contribution in [0.4, 0.5) is 5.69 Å². The van der Waals surface area contributed by atoms with Crippen molar-refractivity contribution in [2.24, 2.45) is 11.0 Å². The van der Waals surface area contributed by atoms with Crippen molar-refractivity contribution in [1.29, 1.82) is 0 Å². The fourth-order valence-electron chi connectivity index (χ4n) is 3.77. The van der Waals surface area contributed by atoms with Crippen LogP contribution in [-0.4, -0.2) is 32.3 Å². The Labute approximate surface area is 190 Å². The van der Waals surface area contributed by atoms with Crippen molar-refractivity contribution in [2.45, 2.75) is 32.2 Å². The summed E-state index contributed by atoms with van der Waals surface area (Å²) >= 11 is 6.12. The van der Waals surface area contributed by atoms with Gasteiger partial charge in [-0.05, 0) is 43.5 Å². The minimum absolute atomic E-state index is 0.195. The quantitative estimate of drug-likeness (QED) is 0.550. The summed E-state index contributed by atoms with van der Waals surface area (Å²) in [7, 11) is 0. The van der Waals surface area contributed by atoms with Gasteiger partial charge in [0.1, 0.15) is 12.7 Å². The van der Waals surface area contributed by atoms with E-state index in [1.165, 1.54) is 6.33 Å².